The summed E-state index contributed by atoms with van der Waals surface area (Å²) in [6.45, 7) is 2.72. The van der Waals surface area contributed by atoms with Crippen LogP contribution < -0.4 is 16.0 Å². The molecule has 2 aromatic heterocycles. The van der Waals surface area contributed by atoms with Gasteiger partial charge in [-0.2, -0.15) is 20.1 Å². The molecule has 3 aromatic rings. The van der Waals surface area contributed by atoms with E-state index in [0.717, 1.165) is 24.9 Å². The Morgan fingerprint density at radius 2 is 2.13 bits per heavy atom. The first-order chi connectivity index (χ1) is 14.5. The Morgan fingerprint density at radius 3 is 2.90 bits per heavy atom. The third-order valence-electron chi connectivity index (χ3n) is 4.72. The average Bonchev–Trinajstić information content (AvgIpc) is 3.38. The van der Waals surface area contributed by atoms with Crippen molar-refractivity contribution in [1.82, 2.24) is 25.1 Å². The number of nitrogens with two attached hydrogens (primary N) is 1. The molecule has 0 amide bonds. The number of halogens is 1. The predicted octanol–water partition coefficient (Wildman–Crippen LogP) is 2.58. The zero-order valence-electron chi connectivity index (χ0n) is 16.3. The van der Waals surface area contributed by atoms with Crippen LogP contribution >= 0.6 is 0 Å². The molecule has 10 nitrogen and oxygen atoms in total. The van der Waals surface area contributed by atoms with Crippen molar-refractivity contribution in [2.24, 2.45) is 0 Å². The number of nitrogen functional groups attached to an aromatic ring is 1. The number of anilines is 4. The third-order valence-corrected chi connectivity index (χ3v) is 4.72. The number of ether oxygens (including phenoxy) is 1. The van der Waals surface area contributed by atoms with Gasteiger partial charge in [0.05, 0.1) is 12.6 Å². The largest absolute Gasteiger partial charge is 0.461 e. The monoisotopic (exact) mass is 412 g/mol. The summed E-state index contributed by atoms with van der Waals surface area (Å²) in [5.41, 5.74) is 7.08. The molecule has 0 spiro atoms. The van der Waals surface area contributed by atoms with E-state index in [1.807, 2.05) is 4.90 Å². The Balaban J connectivity index is 1.56. The zero-order valence-corrected chi connectivity index (χ0v) is 16.3. The number of rotatable bonds is 6. The molecule has 1 aromatic carbocycles. The van der Waals surface area contributed by atoms with Crippen LogP contribution in [-0.2, 0) is 4.74 Å². The van der Waals surface area contributed by atoms with Gasteiger partial charge in [0.15, 0.2) is 5.82 Å². The molecule has 1 atom stereocenters. The highest BCUT2D eigenvalue weighted by molar-refractivity contribution is 5.88. The van der Waals surface area contributed by atoms with Crippen molar-refractivity contribution in [3.63, 3.8) is 0 Å². The van der Waals surface area contributed by atoms with Crippen molar-refractivity contribution in [2.45, 2.75) is 25.8 Å². The molecule has 11 heteroatoms. The average molecular weight is 412 g/mol. The lowest BCUT2D eigenvalue weighted by Gasteiger charge is -2.25. The lowest BCUT2D eigenvalue weighted by Crippen LogP contribution is -2.25. The molecule has 30 heavy (non-hydrogen) atoms. The molecule has 1 aliphatic rings. The number of nitrogens with one attached hydrogen (secondary N) is 2. The predicted molar refractivity (Wildman–Crippen MR) is 108 cm³/mol. The van der Waals surface area contributed by atoms with Gasteiger partial charge in [0.25, 0.3) is 0 Å². The minimum atomic E-state index is -0.506. The number of esters is 1. The van der Waals surface area contributed by atoms with Crippen LogP contribution in [0.1, 0.15) is 41.9 Å². The normalized spacial score (nSPS) is 15.9. The standard InChI is InChI=1S/C19H21FN8O2/c1-2-30-16(29)13-10-15(27-26-13)22-18-23-17(21)24-19(25-18)28-9-3-4-14(28)11-5-7-12(20)8-6-11/h5-8,10,14H,2-4,9H2,1H3,(H4,21,22,23,24,25,26,27). The van der Waals surface area contributed by atoms with Gasteiger partial charge in [0, 0.05) is 12.6 Å². The van der Waals surface area contributed by atoms with Gasteiger partial charge >= 0.3 is 5.97 Å². The van der Waals surface area contributed by atoms with Gasteiger partial charge in [-0.1, -0.05) is 12.1 Å². The molecule has 1 fully saturated rings. The molecule has 0 bridgehead atoms. The van der Waals surface area contributed by atoms with Crippen molar-refractivity contribution in [3.8, 4) is 0 Å². The zero-order chi connectivity index (χ0) is 21.1. The fourth-order valence-electron chi connectivity index (χ4n) is 3.42. The topological polar surface area (TPSA) is 135 Å². The second kappa shape index (κ2) is 8.31. The van der Waals surface area contributed by atoms with Crippen LogP contribution in [0.2, 0.25) is 0 Å². The van der Waals surface area contributed by atoms with Crippen LogP contribution in [0.25, 0.3) is 0 Å². The Hall–Kier alpha value is -3.76. The van der Waals surface area contributed by atoms with Crippen molar-refractivity contribution in [2.75, 3.05) is 29.1 Å². The maximum absolute atomic E-state index is 13.3. The summed E-state index contributed by atoms with van der Waals surface area (Å²) in [5.74, 6) is 0.218. The van der Waals surface area contributed by atoms with E-state index in [9.17, 15) is 9.18 Å². The van der Waals surface area contributed by atoms with Crippen molar-refractivity contribution in [1.29, 1.82) is 0 Å². The number of hydrogen-bond donors (Lipinski definition) is 3. The van der Waals surface area contributed by atoms with E-state index < -0.39 is 5.97 Å². The van der Waals surface area contributed by atoms with Crippen LogP contribution in [0.4, 0.5) is 28.1 Å². The van der Waals surface area contributed by atoms with E-state index in [1.165, 1.54) is 18.2 Å². The van der Waals surface area contributed by atoms with E-state index in [1.54, 1.807) is 19.1 Å². The van der Waals surface area contributed by atoms with Gasteiger partial charge in [-0.15, -0.1) is 0 Å². The lowest BCUT2D eigenvalue weighted by atomic mass is 10.0. The third kappa shape index (κ3) is 4.14. The fraction of sp³-hybridized carbons (Fsp3) is 0.316. The molecule has 1 saturated heterocycles. The Bertz CT molecular complexity index is 1040. The number of aromatic nitrogens is 5. The van der Waals surface area contributed by atoms with E-state index >= 15 is 0 Å². The first-order valence-corrected chi connectivity index (χ1v) is 9.56. The number of carbonyl (C=O) groups is 1. The molecule has 156 valence electrons. The van der Waals surface area contributed by atoms with Crippen LogP contribution in [-0.4, -0.2) is 44.3 Å². The van der Waals surface area contributed by atoms with Crippen molar-refractivity contribution < 1.29 is 13.9 Å². The highest BCUT2D eigenvalue weighted by Gasteiger charge is 2.29. The summed E-state index contributed by atoms with van der Waals surface area (Å²) in [4.78, 5) is 26.6. The molecule has 0 aliphatic carbocycles. The lowest BCUT2D eigenvalue weighted by molar-refractivity contribution is 0.0519. The van der Waals surface area contributed by atoms with Gasteiger partial charge in [0.1, 0.15) is 11.5 Å². The summed E-state index contributed by atoms with van der Waals surface area (Å²) in [5, 5.41) is 9.53. The second-order valence-electron chi connectivity index (χ2n) is 6.73. The Kier molecular flexibility index (Phi) is 5.42. The highest BCUT2D eigenvalue weighted by Crippen LogP contribution is 2.35. The number of nitrogens with zero attached hydrogens (tertiary/aromatic N) is 5. The summed E-state index contributed by atoms with van der Waals surface area (Å²) in [6, 6.07) is 7.93. The van der Waals surface area contributed by atoms with E-state index in [-0.39, 0.29) is 36.1 Å². The number of aromatic amines is 1. The minimum absolute atomic E-state index is 0.0149. The summed E-state index contributed by atoms with van der Waals surface area (Å²) >= 11 is 0. The molecule has 1 unspecified atom stereocenters. The number of hydrogen-bond acceptors (Lipinski definition) is 9. The fourth-order valence-corrected chi connectivity index (χ4v) is 3.42. The van der Waals surface area contributed by atoms with Gasteiger partial charge in [0.2, 0.25) is 17.8 Å². The molecule has 4 N–H and O–H groups in total. The van der Waals surface area contributed by atoms with E-state index in [2.05, 4.69) is 30.5 Å². The SMILES string of the molecule is CCOC(=O)c1cc(Nc2nc(N)nc(N3CCCC3c3ccc(F)cc3)n2)n[nH]1. The molecule has 4 rings (SSSR count). The van der Waals surface area contributed by atoms with Gasteiger partial charge in [-0.3, -0.25) is 5.10 Å². The van der Waals surface area contributed by atoms with Gasteiger partial charge in [-0.05, 0) is 37.5 Å². The molecule has 0 saturated carbocycles. The minimum Gasteiger partial charge on any atom is -0.461 e. The Morgan fingerprint density at radius 1 is 1.33 bits per heavy atom. The van der Waals surface area contributed by atoms with Crippen LogP contribution in [0.5, 0.6) is 0 Å². The molecular weight excluding hydrogens is 391 g/mol. The highest BCUT2D eigenvalue weighted by atomic mass is 19.1. The van der Waals surface area contributed by atoms with E-state index in [4.69, 9.17) is 10.5 Å². The maximum atomic E-state index is 13.3. The maximum Gasteiger partial charge on any atom is 0.356 e. The first kappa shape index (κ1) is 19.6. The van der Waals surface area contributed by atoms with E-state index in [0.29, 0.717) is 11.8 Å². The Labute approximate surface area is 171 Å². The van der Waals surface area contributed by atoms with Crippen molar-refractivity contribution >= 4 is 29.6 Å². The molecule has 3 heterocycles. The number of benzene rings is 1. The first-order valence-electron chi connectivity index (χ1n) is 9.56. The smallest absolute Gasteiger partial charge is 0.356 e. The quantitative estimate of drug-likeness (QED) is 0.522. The summed E-state index contributed by atoms with van der Waals surface area (Å²) in [6.07, 6.45) is 1.83. The summed E-state index contributed by atoms with van der Waals surface area (Å²) < 4.78 is 18.2. The molecular formula is C19H21FN8O2. The summed E-state index contributed by atoms with van der Waals surface area (Å²) in [7, 11) is 0. The van der Waals surface area contributed by atoms with Crippen molar-refractivity contribution in [3.05, 3.63) is 47.4 Å². The van der Waals surface area contributed by atoms with Gasteiger partial charge < -0.3 is 20.7 Å². The number of carbonyl (C=O) groups excluding carboxylic acids is 1. The van der Waals surface area contributed by atoms with Crippen LogP contribution in [0.3, 0.4) is 0 Å². The van der Waals surface area contributed by atoms with Gasteiger partial charge in [-0.25, -0.2) is 9.18 Å². The van der Waals surface area contributed by atoms with Crippen LogP contribution in [0.15, 0.2) is 30.3 Å². The number of H-pyrrole nitrogens is 1. The van der Waals surface area contributed by atoms with Crippen LogP contribution in [0, 0.1) is 5.82 Å². The second-order valence-corrected chi connectivity index (χ2v) is 6.73. The molecule has 1 aliphatic heterocycles. The molecule has 0 radical (unpaired) electrons.